The molecule has 0 bridgehead atoms. The number of nitrogens with zero attached hydrogens (tertiary/aromatic N) is 4. The Kier molecular flexibility index (Phi) is 7.60. The summed E-state index contributed by atoms with van der Waals surface area (Å²) >= 11 is 0. The molecule has 8 nitrogen and oxygen atoms in total. The minimum Gasteiger partial charge on any atom is -0.480 e. The molecule has 28 heavy (non-hydrogen) atoms. The van der Waals surface area contributed by atoms with Crippen molar-refractivity contribution in [2.24, 2.45) is 0 Å². The molecular formula is C20H32N4O4. The number of hydrogen-bond acceptors (Lipinski definition) is 4. The first-order valence-electron chi connectivity index (χ1n) is 10.1. The molecule has 1 aromatic heterocycles. The molecule has 0 radical (unpaired) electrons. The summed E-state index contributed by atoms with van der Waals surface area (Å²) in [5, 5.41) is 13.5. The number of carbonyl (C=O) groups excluding carboxylic acids is 2. The predicted octanol–water partition coefficient (Wildman–Crippen LogP) is 2.48. The third kappa shape index (κ3) is 4.91. The molecule has 2 amide bonds. The Bertz CT molecular complexity index is 711. The van der Waals surface area contributed by atoms with E-state index in [1.165, 1.54) is 11.8 Å². The van der Waals surface area contributed by atoms with Crippen LogP contribution >= 0.6 is 0 Å². The van der Waals surface area contributed by atoms with Gasteiger partial charge in [0.15, 0.2) is 0 Å². The topological polar surface area (TPSA) is 95.7 Å². The normalized spacial score (nSPS) is 17.5. The van der Waals surface area contributed by atoms with Crippen molar-refractivity contribution in [3.8, 4) is 0 Å². The number of aliphatic carboxylic acids is 1. The number of aromatic nitrogens is 2. The lowest BCUT2D eigenvalue weighted by atomic mass is 10.1. The first-order valence-corrected chi connectivity index (χ1v) is 10.1. The van der Waals surface area contributed by atoms with Crippen LogP contribution in [0.5, 0.6) is 0 Å². The number of likely N-dealkylation sites (tertiary alicyclic amines) is 1. The van der Waals surface area contributed by atoms with Gasteiger partial charge in [-0.3, -0.25) is 19.1 Å². The zero-order valence-corrected chi connectivity index (χ0v) is 17.3. The fourth-order valence-corrected chi connectivity index (χ4v) is 4.04. The maximum Gasteiger partial charge on any atom is 0.323 e. The summed E-state index contributed by atoms with van der Waals surface area (Å²) in [6.07, 6.45) is 5.59. The van der Waals surface area contributed by atoms with Gasteiger partial charge in [0.25, 0.3) is 5.91 Å². The van der Waals surface area contributed by atoms with E-state index in [1.54, 1.807) is 11.1 Å². The molecule has 1 N–H and O–H groups in total. The summed E-state index contributed by atoms with van der Waals surface area (Å²) in [7, 11) is 0. The first-order chi connectivity index (χ1) is 13.3. The number of hydrogen-bond donors (Lipinski definition) is 1. The van der Waals surface area contributed by atoms with Crippen LogP contribution in [0.3, 0.4) is 0 Å². The van der Waals surface area contributed by atoms with Crippen molar-refractivity contribution < 1.29 is 19.5 Å². The van der Waals surface area contributed by atoms with Crippen LogP contribution in [0.15, 0.2) is 6.20 Å². The predicted molar refractivity (Wildman–Crippen MR) is 105 cm³/mol. The minimum absolute atomic E-state index is 0.0389. The zero-order valence-electron chi connectivity index (χ0n) is 17.3. The average molecular weight is 393 g/mol. The van der Waals surface area contributed by atoms with Crippen molar-refractivity contribution in [2.75, 3.05) is 19.6 Å². The maximum absolute atomic E-state index is 13.1. The Morgan fingerprint density at radius 1 is 1.25 bits per heavy atom. The molecule has 2 heterocycles. The summed E-state index contributed by atoms with van der Waals surface area (Å²) in [5.74, 6) is -1.30. The largest absolute Gasteiger partial charge is 0.480 e. The van der Waals surface area contributed by atoms with Gasteiger partial charge in [0.1, 0.15) is 6.54 Å². The third-order valence-electron chi connectivity index (χ3n) is 5.70. The van der Waals surface area contributed by atoms with E-state index < -0.39 is 5.97 Å². The summed E-state index contributed by atoms with van der Waals surface area (Å²) < 4.78 is 1.94. The Morgan fingerprint density at radius 3 is 2.50 bits per heavy atom. The number of carboxylic acids is 1. The second kappa shape index (κ2) is 9.71. The highest BCUT2D eigenvalue weighted by molar-refractivity contribution is 5.95. The van der Waals surface area contributed by atoms with E-state index in [0.29, 0.717) is 31.5 Å². The Labute approximate surface area is 166 Å². The van der Waals surface area contributed by atoms with Crippen molar-refractivity contribution in [1.82, 2.24) is 19.6 Å². The van der Waals surface area contributed by atoms with Gasteiger partial charge in [0, 0.05) is 31.7 Å². The molecule has 1 fully saturated rings. The van der Waals surface area contributed by atoms with Crippen LogP contribution in [-0.2, 0) is 9.59 Å². The highest BCUT2D eigenvalue weighted by Gasteiger charge is 2.29. The van der Waals surface area contributed by atoms with E-state index in [2.05, 4.69) is 18.9 Å². The van der Waals surface area contributed by atoms with E-state index in [1.807, 2.05) is 11.6 Å². The van der Waals surface area contributed by atoms with E-state index in [0.717, 1.165) is 25.0 Å². The molecule has 0 spiro atoms. The highest BCUT2D eigenvalue weighted by Crippen LogP contribution is 2.23. The van der Waals surface area contributed by atoms with Crippen molar-refractivity contribution in [3.63, 3.8) is 0 Å². The van der Waals surface area contributed by atoms with Crippen molar-refractivity contribution in [3.05, 3.63) is 17.5 Å². The molecule has 156 valence electrons. The fourth-order valence-electron chi connectivity index (χ4n) is 4.04. The van der Waals surface area contributed by atoms with Gasteiger partial charge in [-0.05, 0) is 39.0 Å². The molecule has 8 heteroatoms. The summed E-state index contributed by atoms with van der Waals surface area (Å²) in [4.78, 5) is 39.2. The van der Waals surface area contributed by atoms with Crippen LogP contribution in [0.2, 0.25) is 0 Å². The van der Waals surface area contributed by atoms with Gasteiger partial charge >= 0.3 is 5.97 Å². The Hall–Kier alpha value is -2.38. The lowest BCUT2D eigenvalue weighted by molar-refractivity contribution is -0.145. The molecule has 0 saturated carbocycles. The van der Waals surface area contributed by atoms with Gasteiger partial charge in [-0.25, -0.2) is 0 Å². The standard InChI is InChI=1S/C20H32N4O4/c1-5-16(6-2)24-14(3)18(12-21-24)20(28)22-10-7-8-17(9-11-22)23(15(4)25)13-19(26)27/h12,16-17H,5-11,13H2,1-4H3,(H,26,27). The van der Waals surface area contributed by atoms with Gasteiger partial charge in [-0.2, -0.15) is 5.10 Å². The molecular weight excluding hydrogens is 360 g/mol. The molecule has 2 rings (SSSR count). The van der Waals surface area contributed by atoms with Crippen molar-refractivity contribution in [2.45, 2.75) is 71.9 Å². The van der Waals surface area contributed by atoms with Gasteiger partial charge in [-0.1, -0.05) is 13.8 Å². The number of carboxylic acid groups (broad SMARTS) is 1. The van der Waals surface area contributed by atoms with Crippen molar-refractivity contribution in [1.29, 1.82) is 0 Å². The molecule has 1 saturated heterocycles. The van der Waals surface area contributed by atoms with Crippen LogP contribution in [-0.4, -0.2) is 68.1 Å². The highest BCUT2D eigenvalue weighted by atomic mass is 16.4. The number of amides is 2. The van der Waals surface area contributed by atoms with E-state index in [4.69, 9.17) is 5.11 Å². The van der Waals surface area contributed by atoms with Gasteiger partial charge in [0.2, 0.25) is 5.91 Å². The lowest BCUT2D eigenvalue weighted by Crippen LogP contribution is -2.43. The van der Waals surface area contributed by atoms with Crippen LogP contribution < -0.4 is 0 Å². The fraction of sp³-hybridized carbons (Fsp3) is 0.700. The quantitative estimate of drug-likeness (QED) is 0.769. The first kappa shape index (κ1) is 21.9. The van der Waals surface area contributed by atoms with Crippen molar-refractivity contribution >= 4 is 17.8 Å². The van der Waals surface area contributed by atoms with Crippen LogP contribution in [0.1, 0.15) is 75.0 Å². The zero-order chi connectivity index (χ0) is 20.8. The summed E-state index contributed by atoms with van der Waals surface area (Å²) in [6.45, 7) is 8.37. The smallest absolute Gasteiger partial charge is 0.323 e. The van der Waals surface area contributed by atoms with E-state index >= 15 is 0 Å². The monoisotopic (exact) mass is 392 g/mol. The van der Waals surface area contributed by atoms with Crippen LogP contribution in [0.4, 0.5) is 0 Å². The molecule has 1 aliphatic heterocycles. The molecule has 1 atom stereocenters. The minimum atomic E-state index is -1.02. The summed E-state index contributed by atoms with van der Waals surface area (Å²) in [5.41, 5.74) is 1.51. The van der Waals surface area contributed by atoms with E-state index in [9.17, 15) is 14.4 Å². The van der Waals surface area contributed by atoms with Crippen LogP contribution in [0, 0.1) is 6.92 Å². The Morgan fingerprint density at radius 2 is 1.93 bits per heavy atom. The Balaban J connectivity index is 2.10. The van der Waals surface area contributed by atoms with Gasteiger partial charge in [-0.15, -0.1) is 0 Å². The second-order valence-corrected chi connectivity index (χ2v) is 7.48. The molecule has 1 aromatic rings. The number of carbonyl (C=O) groups is 3. The molecule has 1 aliphatic rings. The maximum atomic E-state index is 13.1. The van der Waals surface area contributed by atoms with Crippen LogP contribution in [0.25, 0.3) is 0 Å². The lowest BCUT2D eigenvalue weighted by Gasteiger charge is -2.28. The summed E-state index contributed by atoms with van der Waals surface area (Å²) in [6, 6.07) is 0.134. The average Bonchev–Trinajstić information content (AvgIpc) is 2.87. The molecule has 0 aliphatic carbocycles. The van der Waals surface area contributed by atoms with E-state index in [-0.39, 0.29) is 30.4 Å². The van der Waals surface area contributed by atoms with Gasteiger partial charge in [0.05, 0.1) is 17.8 Å². The number of rotatable bonds is 7. The SMILES string of the molecule is CCC(CC)n1ncc(C(=O)N2CCCC(N(CC(=O)O)C(C)=O)CC2)c1C. The third-order valence-corrected chi connectivity index (χ3v) is 5.70. The molecule has 1 unspecified atom stereocenters. The second-order valence-electron chi connectivity index (χ2n) is 7.48. The molecule has 0 aromatic carbocycles. The van der Waals surface area contributed by atoms with Gasteiger partial charge < -0.3 is 14.9 Å².